The summed E-state index contributed by atoms with van der Waals surface area (Å²) >= 11 is 3.42. The molecule has 0 bridgehead atoms. The maximum Gasteiger partial charge on any atom is 0.310 e. The molecule has 0 fully saturated rings. The van der Waals surface area contributed by atoms with Crippen molar-refractivity contribution in [2.24, 2.45) is 0 Å². The minimum atomic E-state index is -0.258. The Bertz CT molecular complexity index is 477. The van der Waals surface area contributed by atoms with Crippen LogP contribution in [0.1, 0.15) is 36.1 Å². The van der Waals surface area contributed by atoms with Crippen LogP contribution in [0.2, 0.25) is 0 Å². The Labute approximate surface area is 116 Å². The van der Waals surface area contributed by atoms with Gasteiger partial charge in [0.15, 0.2) is 0 Å². The van der Waals surface area contributed by atoms with E-state index >= 15 is 0 Å². The molecule has 1 rings (SSSR count). The van der Waals surface area contributed by atoms with Gasteiger partial charge in [-0.25, -0.2) is 0 Å². The van der Waals surface area contributed by atoms with Gasteiger partial charge in [0.2, 0.25) is 0 Å². The van der Waals surface area contributed by atoms with Gasteiger partial charge < -0.3 is 4.74 Å². The summed E-state index contributed by atoms with van der Waals surface area (Å²) in [6, 6.07) is 5.94. The highest BCUT2D eigenvalue weighted by molar-refractivity contribution is 9.08. The van der Waals surface area contributed by atoms with E-state index in [1.165, 1.54) is 0 Å². The second-order valence-corrected chi connectivity index (χ2v) is 4.42. The third kappa shape index (κ3) is 3.58. The zero-order valence-electron chi connectivity index (χ0n) is 10.6. The Kier molecular flexibility index (Phi) is 5.87. The molecule has 0 heterocycles. The van der Waals surface area contributed by atoms with Crippen molar-refractivity contribution in [1.82, 2.24) is 0 Å². The van der Waals surface area contributed by atoms with Crippen molar-refractivity contribution in [3.8, 4) is 6.07 Å². The minimum Gasteiger partial charge on any atom is -0.466 e. The van der Waals surface area contributed by atoms with Crippen molar-refractivity contribution < 1.29 is 9.53 Å². The summed E-state index contributed by atoms with van der Waals surface area (Å²) in [6.45, 7) is 4.18. The molecule has 0 radical (unpaired) electrons. The first-order valence-electron chi connectivity index (χ1n) is 5.92. The van der Waals surface area contributed by atoms with Gasteiger partial charge in [-0.3, -0.25) is 4.79 Å². The van der Waals surface area contributed by atoms with E-state index in [0.29, 0.717) is 17.5 Å². The average Bonchev–Trinajstić information content (AvgIpc) is 2.37. The van der Waals surface area contributed by atoms with Crippen LogP contribution < -0.4 is 0 Å². The summed E-state index contributed by atoms with van der Waals surface area (Å²) in [5.41, 5.74) is 3.59. The predicted molar refractivity (Wildman–Crippen MR) is 73.5 cm³/mol. The number of rotatable bonds is 5. The lowest BCUT2D eigenvalue weighted by atomic mass is 9.96. The smallest absolute Gasteiger partial charge is 0.310 e. The summed E-state index contributed by atoms with van der Waals surface area (Å²) in [5, 5.41) is 9.83. The molecule has 0 atom stereocenters. The zero-order valence-corrected chi connectivity index (χ0v) is 12.2. The molecule has 0 aliphatic carbocycles. The van der Waals surface area contributed by atoms with Gasteiger partial charge in [0.05, 0.1) is 24.7 Å². The minimum absolute atomic E-state index is 0.215. The van der Waals surface area contributed by atoms with Crippen LogP contribution in [-0.2, 0) is 27.7 Å². The van der Waals surface area contributed by atoms with Crippen LogP contribution in [0.3, 0.4) is 0 Å². The molecule has 0 aromatic heterocycles. The number of nitrogens with zero attached hydrogens (tertiary/aromatic N) is 1. The van der Waals surface area contributed by atoms with Crippen LogP contribution in [0.15, 0.2) is 12.1 Å². The highest BCUT2D eigenvalue weighted by Crippen LogP contribution is 2.21. The average molecular weight is 310 g/mol. The van der Waals surface area contributed by atoms with Crippen molar-refractivity contribution in [3.63, 3.8) is 0 Å². The summed E-state index contributed by atoms with van der Waals surface area (Å²) in [4.78, 5) is 11.4. The number of hydrogen-bond acceptors (Lipinski definition) is 3. The first-order valence-corrected chi connectivity index (χ1v) is 7.04. The Morgan fingerprint density at radius 1 is 1.44 bits per heavy atom. The molecule has 0 spiro atoms. The second kappa shape index (κ2) is 7.17. The van der Waals surface area contributed by atoms with Gasteiger partial charge in [-0.1, -0.05) is 28.9 Å². The fourth-order valence-electron chi connectivity index (χ4n) is 1.92. The number of alkyl halides is 1. The molecule has 0 aliphatic heterocycles. The number of esters is 1. The lowest BCUT2D eigenvalue weighted by Gasteiger charge is -2.10. The SMILES string of the molecule is CCOC(=O)Cc1cc(C#N)c(CC)c(CBr)c1. The number of hydrogen-bond donors (Lipinski definition) is 0. The van der Waals surface area contributed by atoms with E-state index in [4.69, 9.17) is 10.00 Å². The van der Waals surface area contributed by atoms with Crippen molar-refractivity contribution in [1.29, 1.82) is 5.26 Å². The zero-order chi connectivity index (χ0) is 13.5. The van der Waals surface area contributed by atoms with Gasteiger partial charge in [-0.05, 0) is 36.1 Å². The van der Waals surface area contributed by atoms with Crippen molar-refractivity contribution in [2.75, 3.05) is 6.61 Å². The first-order chi connectivity index (χ1) is 8.65. The number of carbonyl (C=O) groups is 1. The molecule has 0 aliphatic rings. The molecule has 0 amide bonds. The lowest BCUT2D eigenvalue weighted by Crippen LogP contribution is -2.08. The number of nitriles is 1. The van der Waals surface area contributed by atoms with Crippen molar-refractivity contribution >= 4 is 21.9 Å². The Balaban J connectivity index is 3.08. The summed E-state index contributed by atoms with van der Waals surface area (Å²) in [5.74, 6) is -0.258. The van der Waals surface area contributed by atoms with Crippen molar-refractivity contribution in [2.45, 2.75) is 32.0 Å². The van der Waals surface area contributed by atoms with Gasteiger partial charge in [0.1, 0.15) is 0 Å². The molecule has 1 aromatic rings. The largest absolute Gasteiger partial charge is 0.466 e. The third-order valence-corrected chi connectivity index (χ3v) is 3.28. The molecule has 3 nitrogen and oxygen atoms in total. The van der Waals surface area contributed by atoms with Crippen molar-refractivity contribution in [3.05, 3.63) is 34.4 Å². The van der Waals surface area contributed by atoms with Gasteiger partial charge in [0, 0.05) is 5.33 Å². The van der Waals surface area contributed by atoms with Crippen LogP contribution in [0, 0.1) is 11.3 Å². The van der Waals surface area contributed by atoms with E-state index in [1.54, 1.807) is 13.0 Å². The molecule has 4 heteroatoms. The van der Waals surface area contributed by atoms with E-state index in [1.807, 2.05) is 13.0 Å². The van der Waals surface area contributed by atoms with Crippen LogP contribution >= 0.6 is 15.9 Å². The Morgan fingerprint density at radius 3 is 2.67 bits per heavy atom. The predicted octanol–water partition coefficient (Wildman–Crippen LogP) is 3.12. The maximum absolute atomic E-state index is 11.4. The quantitative estimate of drug-likeness (QED) is 0.620. The van der Waals surface area contributed by atoms with E-state index in [-0.39, 0.29) is 12.4 Å². The molecule has 1 aromatic carbocycles. The summed E-state index contributed by atoms with van der Waals surface area (Å²) in [7, 11) is 0. The van der Waals surface area contributed by atoms with E-state index < -0.39 is 0 Å². The highest BCUT2D eigenvalue weighted by Gasteiger charge is 2.11. The first kappa shape index (κ1) is 14.7. The monoisotopic (exact) mass is 309 g/mol. The Hall–Kier alpha value is -1.34. The topological polar surface area (TPSA) is 50.1 Å². The van der Waals surface area contributed by atoms with Crippen LogP contribution in [-0.4, -0.2) is 12.6 Å². The molecule has 0 saturated heterocycles. The normalized spacial score (nSPS) is 9.89. The number of ether oxygens (including phenoxy) is 1. The van der Waals surface area contributed by atoms with Gasteiger partial charge in [-0.2, -0.15) is 5.26 Å². The molecule has 0 unspecified atom stereocenters. The fourth-order valence-corrected chi connectivity index (χ4v) is 2.42. The summed E-state index contributed by atoms with van der Waals surface area (Å²) in [6.07, 6.45) is 1.02. The lowest BCUT2D eigenvalue weighted by molar-refractivity contribution is -0.142. The summed E-state index contributed by atoms with van der Waals surface area (Å²) < 4.78 is 4.92. The van der Waals surface area contributed by atoms with Crippen LogP contribution in [0.5, 0.6) is 0 Å². The van der Waals surface area contributed by atoms with Crippen LogP contribution in [0.4, 0.5) is 0 Å². The number of benzene rings is 1. The highest BCUT2D eigenvalue weighted by atomic mass is 79.9. The van der Waals surface area contributed by atoms with E-state index in [0.717, 1.165) is 23.1 Å². The molecular weight excluding hydrogens is 294 g/mol. The Morgan fingerprint density at radius 2 is 2.17 bits per heavy atom. The standard InChI is InChI=1S/C14H16BrNO2/c1-3-13-11(8-15)5-10(6-12(13)9-16)7-14(17)18-4-2/h5-6H,3-4,7-8H2,1-2H3. The maximum atomic E-state index is 11.4. The molecule has 0 saturated carbocycles. The molecular formula is C14H16BrNO2. The van der Waals surface area contributed by atoms with Gasteiger partial charge >= 0.3 is 5.97 Å². The van der Waals surface area contributed by atoms with E-state index in [2.05, 4.69) is 22.0 Å². The third-order valence-electron chi connectivity index (χ3n) is 2.67. The van der Waals surface area contributed by atoms with E-state index in [9.17, 15) is 4.79 Å². The number of halogens is 1. The molecule has 0 N–H and O–H groups in total. The van der Waals surface area contributed by atoms with Gasteiger partial charge in [-0.15, -0.1) is 0 Å². The molecule has 18 heavy (non-hydrogen) atoms. The number of carbonyl (C=O) groups excluding carboxylic acids is 1. The van der Waals surface area contributed by atoms with Crippen LogP contribution in [0.25, 0.3) is 0 Å². The fraction of sp³-hybridized carbons (Fsp3) is 0.429. The second-order valence-electron chi connectivity index (χ2n) is 3.86. The molecule has 96 valence electrons. The van der Waals surface area contributed by atoms with Gasteiger partial charge in [0.25, 0.3) is 0 Å².